The van der Waals surface area contributed by atoms with Crippen molar-refractivity contribution in [3.63, 3.8) is 0 Å². The largest absolute Gasteiger partial charge is 0.337 e. The van der Waals surface area contributed by atoms with E-state index in [1.165, 1.54) is 6.07 Å². The molecule has 1 saturated heterocycles. The molecule has 1 unspecified atom stereocenters. The molecule has 3 nitrogen and oxygen atoms in total. The van der Waals surface area contributed by atoms with Crippen molar-refractivity contribution in [2.75, 3.05) is 31.3 Å². The Bertz CT molecular complexity index is 504. The first-order valence-corrected chi connectivity index (χ1v) is 8.35. The summed E-state index contributed by atoms with van der Waals surface area (Å²) in [6, 6.07) is 3.36. The third-order valence-corrected chi connectivity index (χ3v) is 4.80. The second kappa shape index (κ2) is 7.84. The van der Waals surface area contributed by atoms with Crippen molar-refractivity contribution in [1.29, 1.82) is 0 Å². The smallest absolute Gasteiger partial charge is 0.317 e. The number of thioether (sulfide) groups is 1. The van der Waals surface area contributed by atoms with Crippen LogP contribution in [0.2, 0.25) is 0 Å². The fourth-order valence-electron chi connectivity index (χ4n) is 2.25. The Hall–Kier alpha value is -1.01. The zero-order chi connectivity index (χ0) is 15.2. The predicted molar refractivity (Wildman–Crippen MR) is 81.9 cm³/mol. The molecule has 1 heterocycles. The molecule has 0 spiro atoms. The fourth-order valence-corrected chi connectivity index (χ4v) is 3.59. The number of rotatable bonds is 3. The van der Waals surface area contributed by atoms with Crippen LogP contribution in [0.1, 0.15) is 17.2 Å². The molecular formula is C14H17ClF2N2OS. The Balaban J connectivity index is 2.00. The Labute approximate surface area is 132 Å². The minimum absolute atomic E-state index is 0.133. The van der Waals surface area contributed by atoms with Crippen LogP contribution in [0.3, 0.4) is 0 Å². The van der Waals surface area contributed by atoms with Gasteiger partial charge in [-0.05, 0) is 24.6 Å². The number of benzene rings is 1. The molecule has 1 aromatic carbocycles. The number of halogens is 3. The zero-order valence-electron chi connectivity index (χ0n) is 11.4. The van der Waals surface area contributed by atoms with Gasteiger partial charge >= 0.3 is 6.03 Å². The minimum Gasteiger partial charge on any atom is -0.337 e. The van der Waals surface area contributed by atoms with Crippen LogP contribution in [-0.2, 0) is 0 Å². The maximum absolute atomic E-state index is 13.8. The van der Waals surface area contributed by atoms with Gasteiger partial charge in [-0.1, -0.05) is 0 Å². The van der Waals surface area contributed by atoms with Crippen molar-refractivity contribution >= 4 is 29.4 Å². The highest BCUT2D eigenvalue weighted by molar-refractivity contribution is 7.99. The lowest BCUT2D eigenvalue weighted by Crippen LogP contribution is -2.41. The molecule has 1 aliphatic rings. The third kappa shape index (κ3) is 4.48. The molecular weight excluding hydrogens is 318 g/mol. The first-order valence-electron chi connectivity index (χ1n) is 6.77. The molecule has 2 amide bonds. The first kappa shape index (κ1) is 16.4. The molecule has 0 bridgehead atoms. The van der Waals surface area contributed by atoms with E-state index < -0.39 is 11.6 Å². The normalized spacial score (nSPS) is 19.2. The van der Waals surface area contributed by atoms with Gasteiger partial charge in [0, 0.05) is 42.1 Å². The number of nitrogens with one attached hydrogen (secondary N) is 1. The van der Waals surface area contributed by atoms with Gasteiger partial charge in [-0.2, -0.15) is 11.8 Å². The maximum atomic E-state index is 13.8. The molecule has 21 heavy (non-hydrogen) atoms. The molecule has 1 aliphatic heterocycles. The van der Waals surface area contributed by atoms with Crippen molar-refractivity contribution in [1.82, 2.24) is 10.2 Å². The van der Waals surface area contributed by atoms with E-state index in [2.05, 4.69) is 5.32 Å². The van der Waals surface area contributed by atoms with Gasteiger partial charge in [-0.3, -0.25) is 0 Å². The molecule has 2 rings (SSSR count). The third-order valence-electron chi connectivity index (χ3n) is 3.30. The lowest BCUT2D eigenvalue weighted by atomic mass is 10.1. The van der Waals surface area contributed by atoms with Gasteiger partial charge < -0.3 is 10.2 Å². The Morgan fingerprint density at radius 2 is 2.24 bits per heavy atom. The average molecular weight is 335 g/mol. The topological polar surface area (TPSA) is 32.3 Å². The Morgan fingerprint density at radius 3 is 3.00 bits per heavy atom. The lowest BCUT2D eigenvalue weighted by Gasteiger charge is -2.20. The Kier molecular flexibility index (Phi) is 6.11. The summed E-state index contributed by atoms with van der Waals surface area (Å²) < 4.78 is 27.1. The summed E-state index contributed by atoms with van der Waals surface area (Å²) in [5.74, 6) is 0.224. The molecule has 1 fully saturated rings. The number of carbonyl (C=O) groups is 1. The number of alkyl halides is 1. The molecule has 116 valence electrons. The monoisotopic (exact) mass is 334 g/mol. The van der Waals surface area contributed by atoms with E-state index in [1.807, 2.05) is 0 Å². The zero-order valence-corrected chi connectivity index (χ0v) is 13.0. The van der Waals surface area contributed by atoms with Crippen LogP contribution in [0.25, 0.3) is 0 Å². The number of urea groups is 1. The van der Waals surface area contributed by atoms with E-state index in [-0.39, 0.29) is 11.3 Å². The van der Waals surface area contributed by atoms with Crippen LogP contribution < -0.4 is 5.32 Å². The number of hydrogen-bond acceptors (Lipinski definition) is 2. The quantitative estimate of drug-likeness (QED) is 0.859. The summed E-state index contributed by atoms with van der Waals surface area (Å²) in [4.78, 5) is 13.6. The van der Waals surface area contributed by atoms with Crippen molar-refractivity contribution in [3.05, 3.63) is 35.4 Å². The van der Waals surface area contributed by atoms with Gasteiger partial charge in [0.1, 0.15) is 11.6 Å². The fraction of sp³-hybridized carbons (Fsp3) is 0.500. The number of nitrogens with zero attached hydrogens (tertiary/aromatic N) is 1. The van der Waals surface area contributed by atoms with Crippen LogP contribution in [0.4, 0.5) is 13.6 Å². The molecule has 0 radical (unpaired) electrons. The Morgan fingerprint density at radius 1 is 1.43 bits per heavy atom. The molecule has 1 N–H and O–H groups in total. The highest BCUT2D eigenvalue weighted by Crippen LogP contribution is 2.36. The van der Waals surface area contributed by atoms with Crippen LogP contribution in [-0.4, -0.2) is 42.2 Å². The SMILES string of the molecule is O=C(NCCCl)N1CCSC(c2cc(F)ccc2F)CC1. The van der Waals surface area contributed by atoms with Crippen LogP contribution in [0, 0.1) is 11.6 Å². The number of amides is 2. The van der Waals surface area contributed by atoms with Crippen LogP contribution in [0.15, 0.2) is 18.2 Å². The molecule has 7 heteroatoms. The first-order chi connectivity index (χ1) is 10.1. The second-order valence-corrected chi connectivity index (χ2v) is 6.41. The lowest BCUT2D eigenvalue weighted by molar-refractivity contribution is 0.202. The predicted octanol–water partition coefficient (Wildman–Crippen LogP) is 3.39. The van der Waals surface area contributed by atoms with Gasteiger partial charge in [0.15, 0.2) is 0 Å². The summed E-state index contributed by atoms with van der Waals surface area (Å²) in [7, 11) is 0. The molecule has 1 atom stereocenters. The second-order valence-electron chi connectivity index (χ2n) is 4.72. The van der Waals surface area contributed by atoms with Gasteiger partial charge in [-0.15, -0.1) is 11.6 Å². The molecule has 0 saturated carbocycles. The van der Waals surface area contributed by atoms with Crippen molar-refractivity contribution < 1.29 is 13.6 Å². The number of carbonyl (C=O) groups excluding carboxylic acids is 1. The summed E-state index contributed by atoms with van der Waals surface area (Å²) in [5, 5.41) is 2.58. The highest BCUT2D eigenvalue weighted by Gasteiger charge is 2.24. The van der Waals surface area contributed by atoms with Crippen molar-refractivity contribution in [2.45, 2.75) is 11.7 Å². The summed E-state index contributed by atoms with van der Waals surface area (Å²) in [6.45, 7) is 1.53. The van der Waals surface area contributed by atoms with E-state index in [0.717, 1.165) is 12.1 Å². The van der Waals surface area contributed by atoms with Gasteiger partial charge in [0.2, 0.25) is 0 Å². The van der Waals surface area contributed by atoms with E-state index in [0.29, 0.717) is 43.3 Å². The van der Waals surface area contributed by atoms with Crippen molar-refractivity contribution in [3.8, 4) is 0 Å². The maximum Gasteiger partial charge on any atom is 0.317 e. The van der Waals surface area contributed by atoms with Gasteiger partial charge in [0.05, 0.1) is 0 Å². The van der Waals surface area contributed by atoms with Crippen molar-refractivity contribution in [2.24, 2.45) is 0 Å². The summed E-state index contributed by atoms with van der Waals surface area (Å²) in [6.07, 6.45) is 0.597. The van der Waals surface area contributed by atoms with Crippen LogP contribution in [0.5, 0.6) is 0 Å². The molecule has 1 aromatic rings. The summed E-state index contributed by atoms with van der Waals surface area (Å²) >= 11 is 7.09. The van der Waals surface area contributed by atoms with E-state index >= 15 is 0 Å². The summed E-state index contributed by atoms with van der Waals surface area (Å²) in [5.41, 5.74) is 0.378. The van der Waals surface area contributed by atoms with E-state index in [9.17, 15) is 13.6 Å². The molecule has 0 aliphatic carbocycles. The standard InChI is InChI=1S/C14H17ClF2N2OS/c15-4-5-18-14(20)19-6-3-13(21-8-7-19)11-9-10(16)1-2-12(11)17/h1-2,9,13H,3-8H2,(H,18,20). The van der Waals surface area contributed by atoms with E-state index in [4.69, 9.17) is 11.6 Å². The average Bonchev–Trinajstić information content (AvgIpc) is 2.73. The van der Waals surface area contributed by atoms with Crippen LogP contribution >= 0.6 is 23.4 Å². The van der Waals surface area contributed by atoms with Gasteiger partial charge in [0.25, 0.3) is 0 Å². The number of hydrogen-bond donors (Lipinski definition) is 1. The van der Waals surface area contributed by atoms with E-state index in [1.54, 1.807) is 16.7 Å². The van der Waals surface area contributed by atoms with Gasteiger partial charge in [-0.25, -0.2) is 13.6 Å². The highest BCUT2D eigenvalue weighted by atomic mass is 35.5. The minimum atomic E-state index is -0.437. The molecule has 0 aromatic heterocycles.